The zero-order chi connectivity index (χ0) is 22.5. The molecule has 29 heavy (non-hydrogen) atoms. The Morgan fingerprint density at radius 3 is 0.276 bits per heavy atom. The van der Waals surface area contributed by atoms with Crippen molar-refractivity contribution < 1.29 is 219 Å². The van der Waals surface area contributed by atoms with Crippen LogP contribution in [0.4, 0.5) is 0 Å². The van der Waals surface area contributed by atoms with E-state index in [4.69, 9.17) is 79.6 Å². The molecule has 0 amide bonds. The Labute approximate surface area is 287 Å². The molecule has 0 bridgehead atoms. The van der Waals surface area contributed by atoms with E-state index in [0.29, 0.717) is 0 Å². The molecule has 0 aliphatic heterocycles. The Morgan fingerprint density at radius 2 is 0.276 bits per heavy atom. The third-order valence-electron chi connectivity index (χ3n) is 0. The Hall–Kier alpha value is 5.17. The molecular weight excluding hydrogens is 938 g/mol. The molecule has 0 unspecified atom stereocenters. The summed E-state index contributed by atoms with van der Waals surface area (Å²) < 4.78 is 172. The van der Waals surface area contributed by atoms with Crippen LogP contribution in [0.1, 0.15) is 0 Å². The summed E-state index contributed by atoms with van der Waals surface area (Å²) in [5.74, 6) is 0. The third-order valence-corrected chi connectivity index (χ3v) is 0. The normalized spacial score (nSPS) is 10.0. The summed E-state index contributed by atoms with van der Waals surface area (Å²) in [7, 11) is 0. The fourth-order valence-electron chi connectivity index (χ4n) is 0. The first-order valence-corrected chi connectivity index (χ1v) is 13.7. The van der Waals surface area contributed by atoms with Crippen LogP contribution in [0.15, 0.2) is 0 Å². The van der Waals surface area contributed by atoms with Crippen molar-refractivity contribution in [3.63, 3.8) is 0 Å². The minimum absolute atomic E-state index is 0. The number of hydrogen-bond donors (Lipinski definition) is 0. The van der Waals surface area contributed by atoms with Crippen molar-refractivity contribution in [2.75, 3.05) is 0 Å². The Bertz CT molecular complexity index is 629. The van der Waals surface area contributed by atoms with Crippen molar-refractivity contribution >= 4 is 75.5 Å². The van der Waals surface area contributed by atoms with E-state index in [9.17, 15) is 0 Å². The van der Waals surface area contributed by atoms with Gasteiger partial charge in [0, 0.05) is 0 Å². The van der Waals surface area contributed by atoms with Crippen LogP contribution in [0, 0.1) is 71.2 Å². The fraction of sp³-hybridized carbons (Fsp3) is 0. The second-order valence-electron chi connectivity index (χ2n) is 2.04. The van der Waals surface area contributed by atoms with Gasteiger partial charge in [-0.25, -0.2) is 0 Å². The van der Waals surface area contributed by atoms with E-state index >= 15 is 0 Å². The van der Waals surface area contributed by atoms with E-state index in [-0.39, 0.29) is 147 Å². The molecule has 0 spiro atoms. The second kappa shape index (κ2) is 27.8. The monoisotopic (exact) mass is 937 g/mol. The van der Waals surface area contributed by atoms with Gasteiger partial charge in [0.1, 0.15) is 0 Å². The molecule has 0 aromatic rings. The van der Waals surface area contributed by atoms with Crippen LogP contribution in [-0.4, -0.2) is 75.5 Å². The molecule has 0 rings (SSSR count). The van der Waals surface area contributed by atoms with E-state index in [1.54, 1.807) is 0 Å². The van der Waals surface area contributed by atoms with E-state index in [2.05, 4.69) is 0 Å². The maximum atomic E-state index is 8.59. The van der Waals surface area contributed by atoms with Crippen molar-refractivity contribution in [3.05, 3.63) is 0 Å². The van der Waals surface area contributed by atoms with E-state index in [0.717, 1.165) is 0 Å². The van der Waals surface area contributed by atoms with Gasteiger partial charge in [0.05, 0.1) is 0 Å². The molecule has 0 heterocycles. The first kappa shape index (κ1) is 59.3. The topological polar surface area (TPSA) is 401 Å². The Kier molecular flexibility index (Phi) is 56.8. The van der Waals surface area contributed by atoms with Crippen molar-refractivity contribution in [1.82, 2.24) is 0 Å². The molecule has 0 saturated carbocycles. The predicted molar refractivity (Wildman–Crippen MR) is 18.4 cm³/mol. The molecule has 0 saturated heterocycles. The number of hydrogen-bond acceptors (Lipinski definition) is 20. The average Bonchev–Trinajstić information content (AvgIpc) is 1.79. The molecule has 160 valence electrons. The molecule has 0 aliphatic rings. The Morgan fingerprint density at radius 1 is 0.276 bits per heavy atom. The average molecular weight is 938 g/mol. The molecule has 0 aromatic carbocycles. The van der Waals surface area contributed by atoms with Gasteiger partial charge in [0.2, 0.25) is 0 Å². The van der Waals surface area contributed by atoms with E-state index in [1.165, 1.54) is 0 Å². The van der Waals surface area contributed by atoms with Crippen molar-refractivity contribution in [2.45, 2.75) is 0 Å². The van der Waals surface area contributed by atoms with Crippen LogP contribution in [0.2, 0.25) is 0 Å². The summed E-state index contributed by atoms with van der Waals surface area (Å²) in [5.41, 5.74) is 0. The molecular formula is Ca2Cr5La2O20. The first-order valence-electron chi connectivity index (χ1n) is 3.33. The zero-order valence-corrected chi connectivity index (χ0v) is 30.8. The van der Waals surface area contributed by atoms with E-state index in [1.807, 2.05) is 0 Å². The first-order chi connectivity index (χ1) is 10.0. The van der Waals surface area contributed by atoms with Crippen LogP contribution in [0.3, 0.4) is 0 Å². The molecule has 20 nitrogen and oxygen atoms in total. The third kappa shape index (κ3) is 1210. The SMILES string of the molecule is [Ca+2].[Ca+2].[La+3].[La+3].[O]=[Cr](=[O])([O-])[O-].[O]=[Cr](=[O])([O-])[O-].[O]=[Cr](=[O])([O-])[O-].[O]=[Cr](=[O])([O-])[O-].[O]=[Cr](=[O])([O-])[O-]. The molecule has 29 heteroatoms. The number of rotatable bonds is 0. The summed E-state index contributed by atoms with van der Waals surface area (Å²) >= 11 is -28.8. The molecule has 0 fully saturated rings. The van der Waals surface area contributed by atoms with Crippen molar-refractivity contribution in [3.8, 4) is 0 Å². The van der Waals surface area contributed by atoms with Crippen LogP contribution in [0.25, 0.3) is 0 Å². The summed E-state index contributed by atoms with van der Waals surface area (Å²) in [5, 5.41) is 0. The van der Waals surface area contributed by atoms with Crippen molar-refractivity contribution in [2.24, 2.45) is 0 Å². The van der Waals surface area contributed by atoms with Gasteiger partial charge in [0.25, 0.3) is 0 Å². The molecule has 0 aromatic heterocycles. The van der Waals surface area contributed by atoms with Gasteiger partial charge in [-0.15, -0.1) is 0 Å². The van der Waals surface area contributed by atoms with Crippen LogP contribution >= 0.6 is 0 Å². The summed E-state index contributed by atoms with van der Waals surface area (Å²) in [6.45, 7) is 0. The summed E-state index contributed by atoms with van der Waals surface area (Å²) in [4.78, 5) is 0. The molecule has 0 radical (unpaired) electrons. The van der Waals surface area contributed by atoms with Gasteiger partial charge in [-0.2, -0.15) is 0 Å². The standard InChI is InChI=1S/2Ca.5Cr.2La.20O/q2*+2;;;;;;2*+3;;;;;;;;;;;10*-1. The van der Waals surface area contributed by atoms with Crippen molar-refractivity contribution in [1.29, 1.82) is 0 Å². The van der Waals surface area contributed by atoms with Gasteiger partial charge in [0.15, 0.2) is 0 Å². The van der Waals surface area contributed by atoms with Crippen LogP contribution in [-0.2, 0) is 106 Å². The van der Waals surface area contributed by atoms with Gasteiger partial charge in [-0.05, 0) is 0 Å². The minimum atomic E-state index is -5.75. The Balaban J connectivity index is -0.0000000238. The summed E-state index contributed by atoms with van der Waals surface area (Å²) in [6.07, 6.45) is 0. The maximum absolute atomic E-state index is 8.59. The quantitative estimate of drug-likeness (QED) is 0.204. The van der Waals surface area contributed by atoms with E-state index < -0.39 is 68.1 Å². The molecule has 0 aliphatic carbocycles. The van der Waals surface area contributed by atoms with Crippen LogP contribution in [0.5, 0.6) is 0 Å². The van der Waals surface area contributed by atoms with Crippen LogP contribution < -0.4 is 41.6 Å². The molecule has 0 atom stereocenters. The van der Waals surface area contributed by atoms with Gasteiger partial charge >= 0.3 is 294 Å². The summed E-state index contributed by atoms with van der Waals surface area (Å²) in [6, 6.07) is 0. The van der Waals surface area contributed by atoms with Gasteiger partial charge < -0.3 is 0 Å². The fourth-order valence-corrected chi connectivity index (χ4v) is 0. The second-order valence-corrected chi connectivity index (χ2v) is 8.42. The zero-order valence-electron chi connectivity index (χ0n) is 12.8. The predicted octanol–water partition coefficient (Wildman–Crippen LogP) is -13.9. The molecule has 0 N–H and O–H groups in total. The van der Waals surface area contributed by atoms with Gasteiger partial charge in [-0.1, -0.05) is 0 Å². The van der Waals surface area contributed by atoms with Gasteiger partial charge in [-0.3, -0.25) is 0 Å².